The van der Waals surface area contributed by atoms with Crippen LogP contribution in [0, 0.1) is 0 Å². The topological polar surface area (TPSA) is 0 Å². The fraction of sp³-hybridized carbons (Fsp3) is 0.429. The van der Waals surface area contributed by atoms with E-state index in [0.717, 1.165) is 0 Å². The van der Waals surface area contributed by atoms with Gasteiger partial charge in [0.15, 0.2) is 0 Å². The molecular formula is C7H10Cl2SZr. The second kappa shape index (κ2) is 9.38. The van der Waals surface area contributed by atoms with E-state index >= 15 is 0 Å². The maximum absolute atomic E-state index is 2.29. The fourth-order valence-electron chi connectivity index (χ4n) is 0.668. The van der Waals surface area contributed by atoms with Crippen molar-refractivity contribution >= 4 is 8.52 Å². The first-order valence-electron chi connectivity index (χ1n) is 3.19. The van der Waals surface area contributed by atoms with Crippen LogP contribution in [-0.4, -0.2) is 0 Å². The third-order valence-electron chi connectivity index (χ3n) is 1.08. The molecule has 0 atom stereocenters. The molecule has 0 radical (unpaired) electrons. The van der Waals surface area contributed by atoms with Gasteiger partial charge in [0.25, 0.3) is 0 Å². The molecule has 0 N–H and O–H groups in total. The molecule has 1 aliphatic carbocycles. The molecule has 0 aromatic carbocycles. The molecule has 0 saturated heterocycles. The summed E-state index contributed by atoms with van der Waals surface area (Å²) in [5.74, 6) is 0. The predicted octanol–water partition coefficient (Wildman–Crippen LogP) is -2.99. The van der Waals surface area contributed by atoms with Crippen LogP contribution in [0.4, 0.5) is 0 Å². The van der Waals surface area contributed by atoms with Crippen molar-refractivity contribution in [3.8, 4) is 0 Å². The Bertz CT molecular complexity index is 145. The van der Waals surface area contributed by atoms with Crippen LogP contribution in [0.15, 0.2) is 23.1 Å². The molecule has 0 spiro atoms. The first-order chi connectivity index (χ1) is 4.43. The molecular weight excluding hydrogens is 278 g/mol. The second-order valence-electron chi connectivity index (χ2n) is 1.87. The van der Waals surface area contributed by atoms with E-state index in [9.17, 15) is 0 Å². The molecule has 0 nitrogen and oxygen atoms in total. The molecule has 0 aliphatic heterocycles. The third kappa shape index (κ3) is 6.45. The van der Waals surface area contributed by atoms with E-state index in [2.05, 4.69) is 33.7 Å². The van der Waals surface area contributed by atoms with Crippen molar-refractivity contribution in [2.45, 2.75) is 17.5 Å². The molecule has 0 heterocycles. The van der Waals surface area contributed by atoms with Crippen LogP contribution in [-0.2, 0) is 21.8 Å². The summed E-state index contributed by atoms with van der Waals surface area (Å²) in [5, 5.41) is 0. The number of hydrogen-bond acceptors (Lipinski definition) is 1. The van der Waals surface area contributed by atoms with Crippen molar-refractivity contribution in [2.75, 3.05) is 0 Å². The van der Waals surface area contributed by atoms with Gasteiger partial charge in [0, 0.05) is 0 Å². The first-order valence-corrected chi connectivity index (χ1v) is 8.75. The summed E-state index contributed by atoms with van der Waals surface area (Å²) in [6.45, 7) is 2.29. The summed E-state index contributed by atoms with van der Waals surface area (Å²) >= 11 is -0.0392. The smallest absolute Gasteiger partial charge is 1.00 e. The SMILES string of the molecule is C[CH2][Zr+2][S]C1=CC=CC1.[Cl-].[Cl-]. The Balaban J connectivity index is 0. The minimum atomic E-state index is -0.0392. The minimum absolute atomic E-state index is 0. The maximum atomic E-state index is 2.29. The van der Waals surface area contributed by atoms with Crippen LogP contribution in [0.2, 0.25) is 4.13 Å². The predicted molar refractivity (Wildman–Crippen MR) is 39.9 cm³/mol. The van der Waals surface area contributed by atoms with Crippen LogP contribution in [0.1, 0.15) is 13.3 Å². The molecule has 4 heteroatoms. The average Bonchev–Trinajstić information content (AvgIpc) is 2.34. The van der Waals surface area contributed by atoms with Crippen molar-refractivity contribution in [3.63, 3.8) is 0 Å². The van der Waals surface area contributed by atoms with E-state index in [0.29, 0.717) is 0 Å². The molecule has 0 aromatic heterocycles. The van der Waals surface area contributed by atoms with Crippen LogP contribution in [0.3, 0.4) is 0 Å². The van der Waals surface area contributed by atoms with Crippen molar-refractivity contribution in [2.24, 2.45) is 0 Å². The molecule has 0 amide bonds. The Morgan fingerprint density at radius 1 is 1.55 bits per heavy atom. The Morgan fingerprint density at radius 3 is 2.73 bits per heavy atom. The molecule has 62 valence electrons. The summed E-state index contributed by atoms with van der Waals surface area (Å²) in [6.07, 6.45) is 7.86. The molecule has 0 bridgehead atoms. The maximum Gasteiger partial charge on any atom is -1.00 e. The monoisotopic (exact) mass is 286 g/mol. The zero-order chi connectivity index (χ0) is 6.53. The summed E-state index contributed by atoms with van der Waals surface area (Å²) in [5.41, 5.74) is 0. The standard InChI is InChI=1S/C5H6S.C2H5.2ClH.Zr/c6-5-3-1-2-4-5;1-2;;;/h1-3,6H,4H2;1H2,2H3;2*1H;/q;;;;+3/p-3. The molecule has 11 heavy (non-hydrogen) atoms. The van der Waals surface area contributed by atoms with Gasteiger partial charge in [-0.15, -0.1) is 0 Å². The van der Waals surface area contributed by atoms with Gasteiger partial charge in [0.2, 0.25) is 0 Å². The third-order valence-corrected chi connectivity index (χ3v) is 7.21. The summed E-state index contributed by atoms with van der Waals surface area (Å²) in [7, 11) is 2.15. The largest absolute Gasteiger partial charge is 1.00 e. The quantitative estimate of drug-likeness (QED) is 0.534. The molecule has 1 rings (SSSR count). The van der Waals surface area contributed by atoms with E-state index in [4.69, 9.17) is 0 Å². The van der Waals surface area contributed by atoms with Gasteiger partial charge in [-0.1, -0.05) is 0 Å². The van der Waals surface area contributed by atoms with Gasteiger partial charge in [0.1, 0.15) is 0 Å². The molecule has 1 aliphatic rings. The van der Waals surface area contributed by atoms with E-state index in [1.165, 1.54) is 10.5 Å². The van der Waals surface area contributed by atoms with E-state index in [-0.39, 0.29) is 46.6 Å². The van der Waals surface area contributed by atoms with Gasteiger partial charge in [-0.05, 0) is 0 Å². The summed E-state index contributed by atoms with van der Waals surface area (Å²) in [4.78, 5) is 1.60. The Hall–Kier alpha value is 1.29. The van der Waals surface area contributed by atoms with Gasteiger partial charge in [0.05, 0.1) is 0 Å². The average molecular weight is 288 g/mol. The number of allylic oxidation sites excluding steroid dienone is 4. The fourth-order valence-corrected chi connectivity index (χ4v) is 4.87. The van der Waals surface area contributed by atoms with Crippen molar-refractivity contribution < 1.29 is 46.6 Å². The van der Waals surface area contributed by atoms with Crippen LogP contribution in [0.5, 0.6) is 0 Å². The van der Waals surface area contributed by atoms with Crippen molar-refractivity contribution in [1.29, 1.82) is 0 Å². The number of halogens is 2. The van der Waals surface area contributed by atoms with Crippen LogP contribution in [0.25, 0.3) is 0 Å². The zero-order valence-corrected chi connectivity index (χ0v) is 11.1. The molecule has 0 unspecified atom stereocenters. The van der Waals surface area contributed by atoms with Crippen molar-refractivity contribution in [1.82, 2.24) is 0 Å². The number of rotatable bonds is 3. The van der Waals surface area contributed by atoms with Gasteiger partial charge in [-0.3, -0.25) is 0 Å². The molecule has 0 aromatic rings. The molecule has 0 saturated carbocycles. The van der Waals surface area contributed by atoms with E-state index < -0.39 is 0 Å². The van der Waals surface area contributed by atoms with E-state index in [1.54, 1.807) is 4.91 Å². The van der Waals surface area contributed by atoms with Gasteiger partial charge >= 0.3 is 70.9 Å². The Morgan fingerprint density at radius 2 is 2.27 bits per heavy atom. The zero-order valence-electron chi connectivity index (χ0n) is 6.31. The van der Waals surface area contributed by atoms with Crippen LogP contribution >= 0.6 is 8.52 Å². The van der Waals surface area contributed by atoms with E-state index in [1.807, 2.05) is 0 Å². The van der Waals surface area contributed by atoms with Crippen molar-refractivity contribution in [3.05, 3.63) is 23.1 Å². The Kier molecular flexibility index (Phi) is 12.6. The normalized spacial score (nSPS) is 12.6. The second-order valence-corrected chi connectivity index (χ2v) is 8.25. The molecule has 0 fully saturated rings. The summed E-state index contributed by atoms with van der Waals surface area (Å²) < 4.78 is 1.45. The van der Waals surface area contributed by atoms with Crippen LogP contribution < -0.4 is 24.8 Å². The number of hydrogen-bond donors (Lipinski definition) is 0. The minimum Gasteiger partial charge on any atom is -1.00 e. The van der Waals surface area contributed by atoms with Gasteiger partial charge < -0.3 is 24.8 Å². The summed E-state index contributed by atoms with van der Waals surface area (Å²) in [6, 6.07) is 0. The van der Waals surface area contributed by atoms with Gasteiger partial charge in [-0.2, -0.15) is 0 Å². The first kappa shape index (κ1) is 14.8. The Labute approximate surface area is 94.9 Å². The van der Waals surface area contributed by atoms with Gasteiger partial charge in [-0.25, -0.2) is 0 Å².